The van der Waals surface area contributed by atoms with Gasteiger partial charge in [-0.15, -0.1) is 0 Å². The van der Waals surface area contributed by atoms with Crippen LogP contribution >= 0.6 is 15.9 Å². The molecule has 0 aliphatic carbocycles. The number of likely N-dealkylation sites (tertiary alicyclic amines) is 1. The van der Waals surface area contributed by atoms with E-state index in [9.17, 15) is 4.79 Å². The number of aliphatic hydroxyl groups is 1. The highest BCUT2D eigenvalue weighted by Crippen LogP contribution is 2.21. The second-order valence-electron chi connectivity index (χ2n) is 2.97. The zero-order valence-electron chi connectivity index (χ0n) is 6.74. The fourth-order valence-corrected chi connectivity index (χ4v) is 1.65. The summed E-state index contributed by atoms with van der Waals surface area (Å²) in [5, 5.41) is 9.01. The summed E-state index contributed by atoms with van der Waals surface area (Å²) in [5.74, 6) is -0.106. The van der Waals surface area contributed by atoms with Crippen molar-refractivity contribution < 1.29 is 14.3 Å². The van der Waals surface area contributed by atoms with Gasteiger partial charge in [-0.1, -0.05) is 0 Å². The van der Waals surface area contributed by atoms with Gasteiger partial charge in [0.1, 0.15) is 0 Å². The van der Waals surface area contributed by atoms with Crippen molar-refractivity contribution in [1.82, 2.24) is 4.90 Å². The highest BCUT2D eigenvalue weighted by molar-refractivity contribution is 9.10. The van der Waals surface area contributed by atoms with Crippen molar-refractivity contribution in [3.05, 3.63) is 22.6 Å². The van der Waals surface area contributed by atoms with Crippen LogP contribution in [-0.4, -0.2) is 35.1 Å². The number of hydrogen-bond acceptors (Lipinski definition) is 3. The van der Waals surface area contributed by atoms with Crippen LogP contribution in [0.25, 0.3) is 0 Å². The standard InChI is InChI=1S/C8H8BrNO3/c9-7-6(1-2-13-7)8(12)10-3-5(11)4-10/h1-2,5,11H,3-4H2. The molecule has 1 amide bonds. The largest absolute Gasteiger partial charge is 0.457 e. The van der Waals surface area contributed by atoms with Crippen molar-refractivity contribution in [3.63, 3.8) is 0 Å². The first-order valence-electron chi connectivity index (χ1n) is 3.89. The number of nitrogens with zero attached hydrogens (tertiary/aromatic N) is 1. The van der Waals surface area contributed by atoms with E-state index in [1.807, 2.05) is 0 Å². The molecule has 1 saturated heterocycles. The van der Waals surface area contributed by atoms with E-state index in [1.54, 1.807) is 11.0 Å². The Bertz CT molecular complexity index is 330. The van der Waals surface area contributed by atoms with Gasteiger partial charge in [-0.2, -0.15) is 0 Å². The molecule has 0 radical (unpaired) electrons. The zero-order valence-corrected chi connectivity index (χ0v) is 8.32. The molecule has 70 valence electrons. The smallest absolute Gasteiger partial charge is 0.258 e. The van der Waals surface area contributed by atoms with Crippen molar-refractivity contribution in [3.8, 4) is 0 Å². The van der Waals surface area contributed by atoms with Crippen LogP contribution < -0.4 is 0 Å². The van der Waals surface area contributed by atoms with E-state index >= 15 is 0 Å². The van der Waals surface area contributed by atoms with Crippen LogP contribution in [0.15, 0.2) is 21.4 Å². The maximum Gasteiger partial charge on any atom is 0.258 e. The van der Waals surface area contributed by atoms with E-state index in [0.717, 1.165) is 0 Å². The Labute approximate surface area is 83.3 Å². The number of rotatable bonds is 1. The van der Waals surface area contributed by atoms with E-state index < -0.39 is 0 Å². The van der Waals surface area contributed by atoms with Crippen LogP contribution in [0.2, 0.25) is 0 Å². The number of furan rings is 1. The van der Waals surface area contributed by atoms with E-state index in [4.69, 9.17) is 9.52 Å². The minimum atomic E-state index is -0.366. The Kier molecular flexibility index (Phi) is 2.13. The Balaban J connectivity index is 2.10. The topological polar surface area (TPSA) is 53.7 Å². The first-order chi connectivity index (χ1) is 6.18. The summed E-state index contributed by atoms with van der Waals surface area (Å²) in [7, 11) is 0. The Hall–Kier alpha value is -0.810. The van der Waals surface area contributed by atoms with Gasteiger partial charge in [0.2, 0.25) is 0 Å². The van der Waals surface area contributed by atoms with Gasteiger partial charge < -0.3 is 14.4 Å². The van der Waals surface area contributed by atoms with Gasteiger partial charge in [-0.3, -0.25) is 4.79 Å². The SMILES string of the molecule is O=C(c1ccoc1Br)N1CC(O)C1. The van der Waals surface area contributed by atoms with Crippen molar-refractivity contribution in [2.24, 2.45) is 0 Å². The Morgan fingerprint density at radius 1 is 1.69 bits per heavy atom. The zero-order chi connectivity index (χ0) is 9.42. The van der Waals surface area contributed by atoms with E-state index in [2.05, 4.69) is 15.9 Å². The molecule has 1 fully saturated rings. The second kappa shape index (κ2) is 3.16. The molecule has 0 aromatic carbocycles. The average molecular weight is 246 g/mol. The summed E-state index contributed by atoms with van der Waals surface area (Å²) in [6.45, 7) is 0.826. The van der Waals surface area contributed by atoms with Gasteiger partial charge >= 0.3 is 0 Å². The number of β-amino-alcohol motifs (C(OH)–C–C–N with tert-alkyl or cyclic N) is 1. The van der Waals surface area contributed by atoms with Crippen molar-refractivity contribution in [2.75, 3.05) is 13.1 Å². The van der Waals surface area contributed by atoms with Crippen molar-refractivity contribution in [2.45, 2.75) is 6.10 Å². The molecule has 1 aromatic rings. The fraction of sp³-hybridized carbons (Fsp3) is 0.375. The first-order valence-corrected chi connectivity index (χ1v) is 4.68. The Morgan fingerprint density at radius 3 is 2.85 bits per heavy atom. The highest BCUT2D eigenvalue weighted by atomic mass is 79.9. The lowest BCUT2D eigenvalue weighted by atomic mass is 10.1. The van der Waals surface area contributed by atoms with Gasteiger partial charge in [0.05, 0.1) is 17.9 Å². The molecule has 2 heterocycles. The summed E-state index contributed by atoms with van der Waals surface area (Å²) < 4.78 is 5.38. The molecule has 0 bridgehead atoms. The van der Waals surface area contributed by atoms with Crippen LogP contribution in [0.4, 0.5) is 0 Å². The minimum absolute atomic E-state index is 0.106. The summed E-state index contributed by atoms with van der Waals surface area (Å²) in [6.07, 6.45) is 1.09. The van der Waals surface area contributed by atoms with E-state index in [0.29, 0.717) is 23.3 Å². The highest BCUT2D eigenvalue weighted by Gasteiger charge is 2.30. The molecule has 0 atom stereocenters. The lowest BCUT2D eigenvalue weighted by Crippen LogP contribution is -2.53. The summed E-state index contributed by atoms with van der Waals surface area (Å²) in [6, 6.07) is 1.61. The molecular formula is C8H8BrNO3. The number of amides is 1. The van der Waals surface area contributed by atoms with E-state index in [1.165, 1.54) is 6.26 Å². The van der Waals surface area contributed by atoms with Crippen LogP contribution in [0.1, 0.15) is 10.4 Å². The third kappa shape index (κ3) is 1.49. The molecule has 4 nitrogen and oxygen atoms in total. The average Bonchev–Trinajstić information content (AvgIpc) is 2.44. The lowest BCUT2D eigenvalue weighted by Gasteiger charge is -2.35. The molecule has 13 heavy (non-hydrogen) atoms. The number of aliphatic hydroxyl groups excluding tert-OH is 1. The molecule has 1 aliphatic rings. The van der Waals surface area contributed by atoms with Gasteiger partial charge in [0.15, 0.2) is 4.67 Å². The molecule has 0 spiro atoms. The molecule has 0 unspecified atom stereocenters. The van der Waals surface area contributed by atoms with Crippen molar-refractivity contribution in [1.29, 1.82) is 0 Å². The van der Waals surface area contributed by atoms with Gasteiger partial charge in [0.25, 0.3) is 5.91 Å². The maximum absolute atomic E-state index is 11.6. The van der Waals surface area contributed by atoms with Crippen LogP contribution in [0.3, 0.4) is 0 Å². The quantitative estimate of drug-likeness (QED) is 0.799. The molecule has 0 saturated carbocycles. The monoisotopic (exact) mass is 245 g/mol. The molecule has 2 rings (SSSR count). The van der Waals surface area contributed by atoms with Gasteiger partial charge in [-0.05, 0) is 22.0 Å². The molecule has 1 aromatic heterocycles. The second-order valence-corrected chi connectivity index (χ2v) is 3.69. The first kappa shape index (κ1) is 8.77. The summed E-state index contributed by atoms with van der Waals surface area (Å²) >= 11 is 3.13. The number of halogens is 1. The van der Waals surface area contributed by atoms with Crippen LogP contribution in [-0.2, 0) is 0 Å². The molecular weight excluding hydrogens is 238 g/mol. The fourth-order valence-electron chi connectivity index (χ4n) is 1.24. The van der Waals surface area contributed by atoms with Crippen molar-refractivity contribution >= 4 is 21.8 Å². The molecule has 1 N–H and O–H groups in total. The van der Waals surface area contributed by atoms with Gasteiger partial charge in [-0.25, -0.2) is 0 Å². The third-order valence-corrected chi connectivity index (χ3v) is 2.61. The summed E-state index contributed by atoms with van der Waals surface area (Å²) in [5.41, 5.74) is 0.506. The van der Waals surface area contributed by atoms with Gasteiger partial charge in [0, 0.05) is 13.1 Å². The number of hydrogen-bond donors (Lipinski definition) is 1. The van der Waals surface area contributed by atoms with E-state index in [-0.39, 0.29) is 12.0 Å². The number of carbonyl (C=O) groups excluding carboxylic acids is 1. The van der Waals surface area contributed by atoms with Crippen LogP contribution in [0, 0.1) is 0 Å². The molecule has 1 aliphatic heterocycles. The lowest BCUT2D eigenvalue weighted by molar-refractivity contribution is 0.00576. The van der Waals surface area contributed by atoms with Crippen LogP contribution in [0.5, 0.6) is 0 Å². The normalized spacial score (nSPS) is 17.2. The number of carbonyl (C=O) groups is 1. The third-order valence-electron chi connectivity index (χ3n) is 2.00. The molecule has 5 heteroatoms. The predicted octanol–water partition coefficient (Wildman–Crippen LogP) is 0.859. The summed E-state index contributed by atoms with van der Waals surface area (Å²) in [4.78, 5) is 13.1. The predicted molar refractivity (Wildman–Crippen MR) is 48.3 cm³/mol. The maximum atomic E-state index is 11.6. The Morgan fingerprint density at radius 2 is 2.38 bits per heavy atom. The minimum Gasteiger partial charge on any atom is -0.457 e.